The van der Waals surface area contributed by atoms with Gasteiger partial charge in [-0.3, -0.25) is 0 Å². The lowest BCUT2D eigenvalue weighted by Crippen LogP contribution is -2.23. The number of rotatable bonds is 9. The Morgan fingerprint density at radius 1 is 1.08 bits per heavy atom. The molecule has 0 aliphatic rings. The molecule has 0 saturated heterocycles. The lowest BCUT2D eigenvalue weighted by molar-refractivity contribution is 0.130. The minimum absolute atomic E-state index is 0.622. The number of unbranched alkanes of at least 4 members (excludes halogenated alkanes) is 2. The lowest BCUT2D eigenvalue weighted by Gasteiger charge is -2.07. The highest BCUT2D eigenvalue weighted by molar-refractivity contribution is 4.52. The van der Waals surface area contributed by atoms with Gasteiger partial charge in [-0.15, -0.1) is 0 Å². The Labute approximate surface area is 83.1 Å². The van der Waals surface area contributed by atoms with E-state index in [4.69, 9.17) is 4.74 Å². The van der Waals surface area contributed by atoms with Crippen LogP contribution in [0.5, 0.6) is 0 Å². The zero-order valence-corrected chi connectivity index (χ0v) is 9.44. The average molecular weight is 187 g/mol. The molecule has 0 atom stereocenters. The van der Waals surface area contributed by atoms with Gasteiger partial charge in [-0.1, -0.05) is 20.8 Å². The molecule has 0 aromatic rings. The molecule has 0 rings (SSSR count). The molecule has 0 spiro atoms. The normalized spacial score (nSPS) is 11.1. The van der Waals surface area contributed by atoms with Crippen LogP contribution in [0.4, 0.5) is 0 Å². The Bertz CT molecular complexity index is 94.1. The van der Waals surface area contributed by atoms with Crippen molar-refractivity contribution in [3.05, 3.63) is 0 Å². The molecule has 2 heteroatoms. The quantitative estimate of drug-likeness (QED) is 0.560. The van der Waals surface area contributed by atoms with Crippen LogP contribution in [-0.4, -0.2) is 25.8 Å². The largest absolute Gasteiger partial charge is 0.381 e. The molecule has 0 heterocycles. The fraction of sp³-hybridized carbons (Fsp3) is 1.00. The number of nitrogens with one attached hydrogen (secondary N) is 1. The molecular weight excluding hydrogens is 162 g/mol. The van der Waals surface area contributed by atoms with E-state index in [0.29, 0.717) is 6.04 Å². The monoisotopic (exact) mass is 187 g/mol. The van der Waals surface area contributed by atoms with Crippen molar-refractivity contribution in [3.8, 4) is 0 Å². The van der Waals surface area contributed by atoms with Gasteiger partial charge in [-0.05, 0) is 32.2 Å². The SMILES string of the molecule is CCCOCCCCCNC(C)C. The minimum Gasteiger partial charge on any atom is -0.381 e. The van der Waals surface area contributed by atoms with E-state index in [9.17, 15) is 0 Å². The first-order valence-corrected chi connectivity index (χ1v) is 5.58. The zero-order valence-electron chi connectivity index (χ0n) is 9.44. The van der Waals surface area contributed by atoms with Gasteiger partial charge in [0.05, 0.1) is 0 Å². The highest BCUT2D eigenvalue weighted by atomic mass is 16.5. The van der Waals surface area contributed by atoms with E-state index in [1.165, 1.54) is 19.3 Å². The third-order valence-corrected chi connectivity index (χ3v) is 1.87. The van der Waals surface area contributed by atoms with Gasteiger partial charge < -0.3 is 10.1 Å². The van der Waals surface area contributed by atoms with E-state index in [1.807, 2.05) is 0 Å². The smallest absolute Gasteiger partial charge is 0.0466 e. The van der Waals surface area contributed by atoms with Crippen molar-refractivity contribution in [3.63, 3.8) is 0 Å². The molecule has 2 nitrogen and oxygen atoms in total. The Morgan fingerprint density at radius 3 is 2.46 bits per heavy atom. The van der Waals surface area contributed by atoms with Crippen LogP contribution in [-0.2, 0) is 4.74 Å². The molecule has 0 fully saturated rings. The number of ether oxygens (including phenoxy) is 1. The summed E-state index contributed by atoms with van der Waals surface area (Å²) in [6.07, 6.45) is 4.89. The summed E-state index contributed by atoms with van der Waals surface area (Å²) >= 11 is 0. The molecule has 0 aliphatic carbocycles. The zero-order chi connectivity index (χ0) is 9.94. The van der Waals surface area contributed by atoms with Crippen LogP contribution in [0, 0.1) is 0 Å². The number of hydrogen-bond donors (Lipinski definition) is 1. The van der Waals surface area contributed by atoms with Gasteiger partial charge in [-0.25, -0.2) is 0 Å². The Kier molecular flexibility index (Phi) is 9.94. The van der Waals surface area contributed by atoms with Crippen LogP contribution < -0.4 is 5.32 Å². The molecule has 0 aromatic carbocycles. The summed E-state index contributed by atoms with van der Waals surface area (Å²) in [4.78, 5) is 0. The van der Waals surface area contributed by atoms with Gasteiger partial charge in [0, 0.05) is 19.3 Å². The Balaban J connectivity index is 2.84. The number of hydrogen-bond acceptors (Lipinski definition) is 2. The molecule has 0 amide bonds. The second kappa shape index (κ2) is 10.0. The first kappa shape index (κ1) is 12.9. The van der Waals surface area contributed by atoms with Gasteiger partial charge in [0.25, 0.3) is 0 Å². The maximum atomic E-state index is 5.39. The molecule has 0 aliphatic heterocycles. The summed E-state index contributed by atoms with van der Waals surface area (Å²) in [7, 11) is 0. The summed E-state index contributed by atoms with van der Waals surface area (Å²) in [6.45, 7) is 9.52. The van der Waals surface area contributed by atoms with Crippen molar-refractivity contribution in [2.75, 3.05) is 19.8 Å². The van der Waals surface area contributed by atoms with Crippen molar-refractivity contribution in [1.82, 2.24) is 5.32 Å². The predicted octanol–water partition coefficient (Wildman–Crippen LogP) is 2.58. The van der Waals surface area contributed by atoms with Crippen LogP contribution in [0.2, 0.25) is 0 Å². The first-order valence-electron chi connectivity index (χ1n) is 5.58. The highest BCUT2D eigenvalue weighted by Gasteiger charge is 1.92. The molecule has 80 valence electrons. The molecule has 0 unspecified atom stereocenters. The standard InChI is InChI=1S/C11H25NO/c1-4-9-13-10-7-5-6-8-12-11(2)3/h11-12H,4-10H2,1-3H3. The van der Waals surface area contributed by atoms with Gasteiger partial charge in [0.1, 0.15) is 0 Å². The minimum atomic E-state index is 0.622. The highest BCUT2D eigenvalue weighted by Crippen LogP contribution is 1.95. The van der Waals surface area contributed by atoms with E-state index >= 15 is 0 Å². The second-order valence-electron chi connectivity index (χ2n) is 3.78. The molecule has 0 bridgehead atoms. The van der Waals surface area contributed by atoms with Gasteiger partial charge >= 0.3 is 0 Å². The van der Waals surface area contributed by atoms with Crippen molar-refractivity contribution >= 4 is 0 Å². The Morgan fingerprint density at radius 2 is 1.85 bits per heavy atom. The summed E-state index contributed by atoms with van der Waals surface area (Å²) in [6, 6.07) is 0.622. The van der Waals surface area contributed by atoms with Crippen LogP contribution in [0.25, 0.3) is 0 Å². The van der Waals surface area contributed by atoms with Crippen molar-refractivity contribution < 1.29 is 4.74 Å². The first-order chi connectivity index (χ1) is 6.27. The van der Waals surface area contributed by atoms with Gasteiger partial charge in [0.15, 0.2) is 0 Å². The van der Waals surface area contributed by atoms with Gasteiger partial charge in [-0.2, -0.15) is 0 Å². The summed E-state index contributed by atoms with van der Waals surface area (Å²) < 4.78 is 5.39. The molecule has 13 heavy (non-hydrogen) atoms. The third-order valence-electron chi connectivity index (χ3n) is 1.87. The van der Waals surface area contributed by atoms with Crippen molar-refractivity contribution in [2.45, 2.75) is 52.5 Å². The second-order valence-corrected chi connectivity index (χ2v) is 3.78. The van der Waals surface area contributed by atoms with Crippen LogP contribution in [0.1, 0.15) is 46.5 Å². The van der Waals surface area contributed by atoms with Crippen molar-refractivity contribution in [1.29, 1.82) is 0 Å². The Hall–Kier alpha value is -0.0800. The summed E-state index contributed by atoms with van der Waals surface area (Å²) in [5, 5.41) is 3.41. The fourth-order valence-corrected chi connectivity index (χ4v) is 1.14. The maximum Gasteiger partial charge on any atom is 0.0466 e. The van der Waals surface area contributed by atoms with Crippen LogP contribution >= 0.6 is 0 Å². The maximum absolute atomic E-state index is 5.39. The van der Waals surface area contributed by atoms with Crippen LogP contribution in [0.3, 0.4) is 0 Å². The van der Waals surface area contributed by atoms with E-state index < -0.39 is 0 Å². The molecular formula is C11H25NO. The van der Waals surface area contributed by atoms with E-state index in [2.05, 4.69) is 26.1 Å². The molecule has 1 N–H and O–H groups in total. The molecule has 0 saturated carbocycles. The third kappa shape index (κ3) is 11.9. The average Bonchev–Trinajstić information content (AvgIpc) is 2.09. The predicted molar refractivity (Wildman–Crippen MR) is 58.1 cm³/mol. The summed E-state index contributed by atoms with van der Waals surface area (Å²) in [5.74, 6) is 0. The van der Waals surface area contributed by atoms with E-state index in [-0.39, 0.29) is 0 Å². The molecule has 0 aromatic heterocycles. The van der Waals surface area contributed by atoms with E-state index in [1.54, 1.807) is 0 Å². The lowest BCUT2D eigenvalue weighted by atomic mass is 10.2. The summed E-state index contributed by atoms with van der Waals surface area (Å²) in [5.41, 5.74) is 0. The van der Waals surface area contributed by atoms with Crippen LogP contribution in [0.15, 0.2) is 0 Å². The van der Waals surface area contributed by atoms with Crippen molar-refractivity contribution in [2.24, 2.45) is 0 Å². The van der Waals surface area contributed by atoms with E-state index in [0.717, 1.165) is 26.2 Å². The molecule has 0 radical (unpaired) electrons. The van der Waals surface area contributed by atoms with Gasteiger partial charge in [0.2, 0.25) is 0 Å². The topological polar surface area (TPSA) is 21.3 Å². The fourth-order valence-electron chi connectivity index (χ4n) is 1.14.